The summed E-state index contributed by atoms with van der Waals surface area (Å²) in [5.41, 5.74) is 1.55. The van der Waals surface area contributed by atoms with Gasteiger partial charge in [-0.25, -0.2) is 4.98 Å². The number of nitrogens with one attached hydrogen (secondary N) is 3. The van der Waals surface area contributed by atoms with Crippen molar-refractivity contribution in [2.45, 2.75) is 51.6 Å². The zero-order chi connectivity index (χ0) is 20.8. The van der Waals surface area contributed by atoms with E-state index >= 15 is 0 Å². The number of thiazole rings is 1. The molecule has 0 aliphatic heterocycles. The lowest BCUT2D eigenvalue weighted by atomic mass is 10.0. The van der Waals surface area contributed by atoms with Gasteiger partial charge in [0.1, 0.15) is 6.04 Å². The van der Waals surface area contributed by atoms with Crippen LogP contribution in [0, 0.1) is 5.92 Å². The highest BCUT2D eigenvalue weighted by molar-refractivity contribution is 7.13. The van der Waals surface area contributed by atoms with Crippen molar-refractivity contribution in [2.24, 2.45) is 5.92 Å². The van der Waals surface area contributed by atoms with Gasteiger partial charge in [-0.1, -0.05) is 44.2 Å². The first-order valence-electron chi connectivity index (χ1n) is 9.79. The maximum Gasteiger partial charge on any atom is 0.243 e. The van der Waals surface area contributed by atoms with E-state index in [-0.39, 0.29) is 36.1 Å². The number of carbonyl (C=O) groups excluding carboxylic acids is 3. The number of hydrogen-bond acceptors (Lipinski definition) is 5. The minimum atomic E-state index is -0.635. The van der Waals surface area contributed by atoms with Gasteiger partial charge in [0.05, 0.1) is 12.1 Å². The fraction of sp³-hybridized carbons (Fsp3) is 0.429. The van der Waals surface area contributed by atoms with E-state index in [1.165, 1.54) is 11.3 Å². The Labute approximate surface area is 174 Å². The minimum absolute atomic E-state index is 0.0516. The van der Waals surface area contributed by atoms with Crippen LogP contribution in [0.2, 0.25) is 0 Å². The normalized spacial score (nSPS) is 14.3. The third-order valence-corrected chi connectivity index (χ3v) is 5.31. The number of hydrogen-bond donors (Lipinski definition) is 3. The third kappa shape index (κ3) is 6.67. The summed E-state index contributed by atoms with van der Waals surface area (Å²) < 4.78 is 0. The predicted octanol–water partition coefficient (Wildman–Crippen LogP) is 2.29. The molecule has 3 amide bonds. The summed E-state index contributed by atoms with van der Waals surface area (Å²) in [6.45, 7) is 3.60. The number of benzene rings is 1. The Morgan fingerprint density at radius 2 is 1.86 bits per heavy atom. The first kappa shape index (κ1) is 21.0. The van der Waals surface area contributed by atoms with Crippen LogP contribution in [0.1, 0.15) is 37.9 Å². The fourth-order valence-electron chi connectivity index (χ4n) is 2.69. The molecular formula is C21H26N4O3S. The molecule has 8 heteroatoms. The van der Waals surface area contributed by atoms with E-state index in [1.54, 1.807) is 19.2 Å². The molecule has 1 aliphatic carbocycles. The summed E-state index contributed by atoms with van der Waals surface area (Å²) in [7, 11) is 0. The molecule has 0 spiro atoms. The van der Waals surface area contributed by atoms with Gasteiger partial charge in [-0.05, 0) is 18.4 Å². The van der Waals surface area contributed by atoms with Gasteiger partial charge in [0.15, 0.2) is 5.13 Å². The van der Waals surface area contributed by atoms with E-state index in [0.717, 1.165) is 18.4 Å². The molecule has 1 atom stereocenters. The van der Waals surface area contributed by atoms with Gasteiger partial charge in [-0.3, -0.25) is 14.4 Å². The second-order valence-corrected chi connectivity index (χ2v) is 8.42. The molecule has 1 heterocycles. The van der Waals surface area contributed by atoms with Gasteiger partial charge in [-0.15, -0.1) is 11.3 Å². The van der Waals surface area contributed by atoms with Crippen molar-refractivity contribution in [1.82, 2.24) is 15.6 Å². The average molecular weight is 415 g/mol. The van der Waals surface area contributed by atoms with Crippen LogP contribution in [-0.4, -0.2) is 34.8 Å². The molecule has 2 aromatic rings. The van der Waals surface area contributed by atoms with Gasteiger partial charge >= 0.3 is 0 Å². The Balaban J connectivity index is 1.59. The standard InChI is InChI=1S/C21H26N4O3S/c1-13(2)19(27)25-21-23-16(12-29-21)11-18(26)24-17(20(28)22-15-8-9-15)10-14-6-4-3-5-7-14/h3-7,12-13,15,17H,8-11H2,1-2H3,(H,22,28)(H,24,26)(H,23,25,27). The van der Waals surface area contributed by atoms with Gasteiger partial charge < -0.3 is 16.0 Å². The van der Waals surface area contributed by atoms with Crippen LogP contribution in [0.4, 0.5) is 5.13 Å². The van der Waals surface area contributed by atoms with Crippen molar-refractivity contribution >= 4 is 34.2 Å². The first-order valence-corrected chi connectivity index (χ1v) is 10.7. The Hall–Kier alpha value is -2.74. The average Bonchev–Trinajstić information content (AvgIpc) is 3.39. The van der Waals surface area contributed by atoms with Gasteiger partial charge in [0.2, 0.25) is 17.7 Å². The van der Waals surface area contributed by atoms with Crippen LogP contribution < -0.4 is 16.0 Å². The summed E-state index contributed by atoms with van der Waals surface area (Å²) in [6, 6.07) is 9.21. The third-order valence-electron chi connectivity index (χ3n) is 4.51. The van der Waals surface area contributed by atoms with Gasteiger partial charge in [0.25, 0.3) is 0 Å². The fourth-order valence-corrected chi connectivity index (χ4v) is 3.41. The molecule has 29 heavy (non-hydrogen) atoms. The first-order chi connectivity index (χ1) is 13.9. The molecule has 0 radical (unpaired) electrons. The van der Waals surface area contributed by atoms with E-state index in [0.29, 0.717) is 17.2 Å². The molecule has 7 nitrogen and oxygen atoms in total. The summed E-state index contributed by atoms with van der Waals surface area (Å²) in [5, 5.41) is 10.7. The molecule has 1 saturated carbocycles. The van der Waals surface area contributed by atoms with Crippen molar-refractivity contribution in [3.63, 3.8) is 0 Å². The number of amides is 3. The number of rotatable bonds is 9. The molecule has 3 N–H and O–H groups in total. The monoisotopic (exact) mass is 414 g/mol. The van der Waals surface area contributed by atoms with Crippen molar-refractivity contribution in [1.29, 1.82) is 0 Å². The van der Waals surface area contributed by atoms with E-state index in [9.17, 15) is 14.4 Å². The van der Waals surface area contributed by atoms with E-state index in [2.05, 4.69) is 20.9 Å². The minimum Gasteiger partial charge on any atom is -0.352 e. The number of anilines is 1. The van der Waals surface area contributed by atoms with E-state index in [4.69, 9.17) is 0 Å². The SMILES string of the molecule is CC(C)C(=O)Nc1nc(CC(=O)NC(Cc2ccccc2)C(=O)NC2CC2)cs1. The van der Waals surface area contributed by atoms with Crippen LogP contribution in [0.5, 0.6) is 0 Å². The highest BCUT2D eigenvalue weighted by atomic mass is 32.1. The lowest BCUT2D eigenvalue weighted by molar-refractivity contribution is -0.128. The molecule has 3 rings (SSSR count). The molecule has 1 unspecified atom stereocenters. The van der Waals surface area contributed by atoms with E-state index in [1.807, 2.05) is 30.3 Å². The largest absolute Gasteiger partial charge is 0.352 e. The van der Waals surface area contributed by atoms with Crippen molar-refractivity contribution in [3.8, 4) is 0 Å². The van der Waals surface area contributed by atoms with Gasteiger partial charge in [0, 0.05) is 23.8 Å². The smallest absolute Gasteiger partial charge is 0.243 e. The molecule has 154 valence electrons. The second kappa shape index (κ2) is 9.65. The summed E-state index contributed by atoms with van der Waals surface area (Å²) in [6.07, 6.45) is 2.46. The Morgan fingerprint density at radius 1 is 1.14 bits per heavy atom. The Morgan fingerprint density at radius 3 is 2.52 bits per heavy atom. The lowest BCUT2D eigenvalue weighted by Gasteiger charge is -2.18. The zero-order valence-corrected chi connectivity index (χ0v) is 17.4. The molecule has 1 aromatic carbocycles. The number of nitrogens with zero attached hydrogens (tertiary/aromatic N) is 1. The number of carbonyl (C=O) groups is 3. The van der Waals surface area contributed by atoms with Crippen LogP contribution >= 0.6 is 11.3 Å². The topological polar surface area (TPSA) is 100 Å². The summed E-state index contributed by atoms with van der Waals surface area (Å²) in [4.78, 5) is 41.2. The van der Waals surface area contributed by atoms with Crippen molar-refractivity contribution < 1.29 is 14.4 Å². The lowest BCUT2D eigenvalue weighted by Crippen LogP contribution is -2.49. The summed E-state index contributed by atoms with van der Waals surface area (Å²) >= 11 is 1.28. The molecule has 0 bridgehead atoms. The molecule has 1 fully saturated rings. The second-order valence-electron chi connectivity index (χ2n) is 7.56. The van der Waals surface area contributed by atoms with Crippen LogP contribution in [0.3, 0.4) is 0 Å². The molecular weight excluding hydrogens is 388 g/mol. The maximum absolute atomic E-state index is 12.6. The highest BCUT2D eigenvalue weighted by Gasteiger charge is 2.28. The number of aromatic nitrogens is 1. The summed E-state index contributed by atoms with van der Waals surface area (Å²) in [5.74, 6) is -0.693. The van der Waals surface area contributed by atoms with Gasteiger partial charge in [-0.2, -0.15) is 0 Å². The quantitative estimate of drug-likeness (QED) is 0.586. The van der Waals surface area contributed by atoms with Crippen molar-refractivity contribution in [2.75, 3.05) is 5.32 Å². The predicted molar refractivity (Wildman–Crippen MR) is 113 cm³/mol. The van der Waals surface area contributed by atoms with Crippen LogP contribution in [0.15, 0.2) is 35.7 Å². The van der Waals surface area contributed by atoms with Crippen molar-refractivity contribution in [3.05, 3.63) is 47.0 Å². The highest BCUT2D eigenvalue weighted by Crippen LogP contribution is 2.19. The van der Waals surface area contributed by atoms with E-state index < -0.39 is 6.04 Å². The Kier molecular flexibility index (Phi) is 6.98. The molecule has 1 aromatic heterocycles. The molecule has 1 aliphatic rings. The molecule has 0 saturated heterocycles. The van der Waals surface area contributed by atoms with Crippen LogP contribution in [-0.2, 0) is 27.2 Å². The van der Waals surface area contributed by atoms with Crippen LogP contribution in [0.25, 0.3) is 0 Å². The zero-order valence-electron chi connectivity index (χ0n) is 16.6. The maximum atomic E-state index is 12.6. The Bertz CT molecular complexity index is 862.